The van der Waals surface area contributed by atoms with E-state index in [0.29, 0.717) is 31.9 Å². The van der Waals surface area contributed by atoms with E-state index < -0.39 is 12.7 Å². The molecule has 1 aromatic heterocycles. The van der Waals surface area contributed by atoms with E-state index in [1.165, 1.54) is 16.2 Å². The summed E-state index contributed by atoms with van der Waals surface area (Å²) in [6, 6.07) is 4.54. The fourth-order valence-corrected chi connectivity index (χ4v) is 5.02. The van der Waals surface area contributed by atoms with Crippen molar-refractivity contribution in [1.82, 2.24) is 20.0 Å². The predicted molar refractivity (Wildman–Crippen MR) is 112 cm³/mol. The summed E-state index contributed by atoms with van der Waals surface area (Å²) in [5.41, 5.74) is 5.81. The molecule has 5 rings (SSSR count). The van der Waals surface area contributed by atoms with Gasteiger partial charge in [-0.2, -0.15) is 5.10 Å². The Morgan fingerprint density at radius 2 is 2.06 bits per heavy atom. The van der Waals surface area contributed by atoms with Crippen molar-refractivity contribution in [2.24, 2.45) is 5.41 Å². The van der Waals surface area contributed by atoms with Gasteiger partial charge in [0.15, 0.2) is 0 Å². The van der Waals surface area contributed by atoms with E-state index in [0.717, 1.165) is 29.7 Å². The first-order chi connectivity index (χ1) is 14.9. The highest BCUT2D eigenvalue weighted by Gasteiger charge is 2.39. The van der Waals surface area contributed by atoms with Gasteiger partial charge in [0.25, 0.3) is 5.91 Å². The zero-order valence-electron chi connectivity index (χ0n) is 17.9. The van der Waals surface area contributed by atoms with E-state index in [1.807, 2.05) is 12.1 Å². The Labute approximate surface area is 180 Å². The van der Waals surface area contributed by atoms with Gasteiger partial charge in [0.05, 0.1) is 18.9 Å². The summed E-state index contributed by atoms with van der Waals surface area (Å²) < 4.78 is 19.2. The van der Waals surface area contributed by atoms with Gasteiger partial charge >= 0.3 is 0 Å². The lowest BCUT2D eigenvalue weighted by Crippen LogP contribution is -2.52. The van der Waals surface area contributed by atoms with E-state index in [-0.39, 0.29) is 23.8 Å². The minimum Gasteiger partial charge on any atom is -0.378 e. The fourth-order valence-electron chi connectivity index (χ4n) is 5.02. The van der Waals surface area contributed by atoms with E-state index in [9.17, 15) is 14.0 Å². The number of amides is 2. The summed E-state index contributed by atoms with van der Waals surface area (Å²) in [6.45, 7) is 5.54. The molecule has 1 N–H and O–H groups in total. The van der Waals surface area contributed by atoms with Crippen LogP contribution in [0.15, 0.2) is 18.2 Å². The van der Waals surface area contributed by atoms with Crippen molar-refractivity contribution in [1.29, 1.82) is 0 Å². The number of alkyl halides is 1. The second-order valence-electron chi connectivity index (χ2n) is 9.46. The molecule has 3 aliphatic rings. The van der Waals surface area contributed by atoms with E-state index >= 15 is 0 Å². The van der Waals surface area contributed by atoms with Gasteiger partial charge in [0.1, 0.15) is 12.7 Å². The third kappa shape index (κ3) is 3.43. The molecule has 7 nitrogen and oxygen atoms in total. The monoisotopic (exact) mass is 426 g/mol. The minimum atomic E-state index is -1.10. The summed E-state index contributed by atoms with van der Waals surface area (Å²) in [4.78, 5) is 28.8. The van der Waals surface area contributed by atoms with Crippen LogP contribution in [0.4, 0.5) is 4.39 Å². The number of rotatable bonds is 4. The number of ether oxygens (including phenoxy) is 1. The number of aromatic nitrogens is 2. The van der Waals surface area contributed by atoms with Gasteiger partial charge in [-0.3, -0.25) is 14.7 Å². The van der Waals surface area contributed by atoms with Crippen molar-refractivity contribution < 1.29 is 18.7 Å². The van der Waals surface area contributed by atoms with Crippen LogP contribution in [0.25, 0.3) is 11.3 Å². The molecule has 31 heavy (non-hydrogen) atoms. The lowest BCUT2D eigenvalue weighted by molar-refractivity contribution is -0.140. The summed E-state index contributed by atoms with van der Waals surface area (Å²) in [5.74, 6) is -0.640. The molecule has 1 saturated heterocycles. The molecule has 1 aliphatic carbocycles. The maximum absolute atomic E-state index is 13.9. The Bertz CT molecular complexity index is 1040. The van der Waals surface area contributed by atoms with Crippen LogP contribution < -0.4 is 0 Å². The van der Waals surface area contributed by atoms with Gasteiger partial charge in [-0.15, -0.1) is 0 Å². The topological polar surface area (TPSA) is 78.5 Å². The number of hydrogen-bond acceptors (Lipinski definition) is 4. The molecule has 0 bridgehead atoms. The zero-order valence-corrected chi connectivity index (χ0v) is 17.9. The lowest BCUT2D eigenvalue weighted by Gasteiger charge is -2.33. The second kappa shape index (κ2) is 7.44. The zero-order chi connectivity index (χ0) is 21.8. The van der Waals surface area contributed by atoms with Crippen LogP contribution >= 0.6 is 0 Å². The molecule has 3 heterocycles. The first kappa shape index (κ1) is 20.2. The normalized spacial score (nSPS) is 20.7. The number of nitrogens with one attached hydrogen (secondary N) is 1. The molecule has 1 aromatic carbocycles. The molecule has 2 aliphatic heterocycles. The highest BCUT2D eigenvalue weighted by atomic mass is 19.1. The summed E-state index contributed by atoms with van der Waals surface area (Å²) >= 11 is 0. The van der Waals surface area contributed by atoms with Crippen molar-refractivity contribution in [3.05, 3.63) is 40.6 Å². The van der Waals surface area contributed by atoms with Crippen molar-refractivity contribution >= 4 is 11.8 Å². The number of morpholine rings is 1. The van der Waals surface area contributed by atoms with Crippen LogP contribution in [-0.4, -0.2) is 70.8 Å². The minimum absolute atomic E-state index is 0.205. The van der Waals surface area contributed by atoms with E-state index in [1.54, 1.807) is 11.0 Å². The Morgan fingerprint density at radius 3 is 2.81 bits per heavy atom. The smallest absolute Gasteiger partial charge is 0.255 e. The molecule has 0 radical (unpaired) electrons. The largest absolute Gasteiger partial charge is 0.378 e. The van der Waals surface area contributed by atoms with Gasteiger partial charge in [0, 0.05) is 42.0 Å². The third-order valence-electron chi connectivity index (χ3n) is 6.60. The molecule has 1 atom stereocenters. The predicted octanol–water partition coefficient (Wildman–Crippen LogP) is 2.35. The molecule has 0 spiro atoms. The number of benzene rings is 1. The van der Waals surface area contributed by atoms with Gasteiger partial charge in [-0.1, -0.05) is 19.9 Å². The lowest BCUT2D eigenvalue weighted by atomic mass is 9.90. The number of hydrogen-bond donors (Lipinski definition) is 1. The molecule has 0 unspecified atom stereocenters. The Morgan fingerprint density at radius 1 is 1.29 bits per heavy atom. The third-order valence-corrected chi connectivity index (χ3v) is 6.60. The van der Waals surface area contributed by atoms with Crippen molar-refractivity contribution in [3.63, 3.8) is 0 Å². The number of halogens is 1. The highest BCUT2D eigenvalue weighted by Crippen LogP contribution is 2.40. The molecule has 0 saturated carbocycles. The number of nitrogens with zero attached hydrogens (tertiary/aromatic N) is 3. The SMILES string of the molecule is CC1(C)Cc2[nH]nc(-c3ccc4c(c3)CN([C@H](CF)C(=O)N3CCOCC3)C4=O)c2C1. The standard InChI is InChI=1S/C23H27FN4O3/c1-23(2)10-17-18(11-23)25-26-20(17)14-3-4-16-15(9-14)13-28(21(16)29)19(12-24)22(30)27-5-7-31-8-6-27/h3-4,9,19H,5-8,10-13H2,1-2H3,(H,25,26)/t19-/m1/s1. The summed E-state index contributed by atoms with van der Waals surface area (Å²) in [5, 5.41) is 7.69. The molecule has 1 fully saturated rings. The number of H-pyrrole nitrogens is 1. The van der Waals surface area contributed by atoms with Crippen molar-refractivity contribution in [3.8, 4) is 11.3 Å². The number of carbonyl (C=O) groups is 2. The molecule has 2 aromatic rings. The van der Waals surface area contributed by atoms with Crippen LogP contribution in [0, 0.1) is 5.41 Å². The molecular formula is C23H27FN4O3. The maximum Gasteiger partial charge on any atom is 0.255 e. The first-order valence-electron chi connectivity index (χ1n) is 10.8. The van der Waals surface area contributed by atoms with Gasteiger partial charge in [0.2, 0.25) is 5.91 Å². The average molecular weight is 426 g/mol. The molecular weight excluding hydrogens is 399 g/mol. The van der Waals surface area contributed by atoms with Crippen molar-refractivity contribution in [2.45, 2.75) is 39.3 Å². The van der Waals surface area contributed by atoms with Crippen molar-refractivity contribution in [2.75, 3.05) is 33.0 Å². The maximum atomic E-state index is 13.9. The highest BCUT2D eigenvalue weighted by molar-refractivity contribution is 6.01. The van der Waals surface area contributed by atoms with Crippen LogP contribution in [-0.2, 0) is 28.9 Å². The molecule has 164 valence electrons. The number of carbonyl (C=O) groups excluding carboxylic acids is 2. The summed E-state index contributed by atoms with van der Waals surface area (Å²) in [6.07, 6.45) is 1.92. The van der Waals surface area contributed by atoms with Crippen LogP contribution in [0.3, 0.4) is 0 Å². The average Bonchev–Trinajstić information content (AvgIpc) is 3.38. The quantitative estimate of drug-likeness (QED) is 0.814. The Balaban J connectivity index is 1.40. The van der Waals surface area contributed by atoms with Gasteiger partial charge in [-0.25, -0.2) is 4.39 Å². The van der Waals surface area contributed by atoms with E-state index in [4.69, 9.17) is 4.74 Å². The van der Waals surface area contributed by atoms with Crippen LogP contribution in [0.5, 0.6) is 0 Å². The number of aromatic amines is 1. The fraction of sp³-hybridized carbons (Fsp3) is 0.522. The Kier molecular flexibility index (Phi) is 4.84. The first-order valence-corrected chi connectivity index (χ1v) is 10.8. The van der Waals surface area contributed by atoms with E-state index in [2.05, 4.69) is 24.0 Å². The molecule has 8 heteroatoms. The summed E-state index contributed by atoms with van der Waals surface area (Å²) in [7, 11) is 0. The van der Waals surface area contributed by atoms with Gasteiger partial charge in [-0.05, 0) is 36.0 Å². The Hall–Kier alpha value is -2.74. The van der Waals surface area contributed by atoms with Gasteiger partial charge < -0.3 is 14.5 Å². The second-order valence-corrected chi connectivity index (χ2v) is 9.46. The molecule has 2 amide bonds. The van der Waals surface area contributed by atoms with Crippen LogP contribution in [0.2, 0.25) is 0 Å². The van der Waals surface area contributed by atoms with Crippen LogP contribution in [0.1, 0.15) is 41.0 Å². The number of fused-ring (bicyclic) bond motifs is 2.